The Labute approximate surface area is 118 Å². The van der Waals surface area contributed by atoms with Crippen LogP contribution in [0.2, 0.25) is 0 Å². The van der Waals surface area contributed by atoms with Crippen LogP contribution in [0.1, 0.15) is 23.8 Å². The van der Waals surface area contributed by atoms with E-state index in [4.69, 9.17) is 0 Å². The van der Waals surface area contributed by atoms with E-state index >= 15 is 0 Å². The summed E-state index contributed by atoms with van der Waals surface area (Å²) in [4.78, 5) is 12.8. The van der Waals surface area contributed by atoms with Crippen molar-refractivity contribution in [3.05, 3.63) is 21.9 Å². The fourth-order valence-corrected chi connectivity index (χ4v) is 3.52. The quantitative estimate of drug-likeness (QED) is 0.827. The van der Waals surface area contributed by atoms with Crippen LogP contribution in [-0.4, -0.2) is 38.0 Å². The van der Waals surface area contributed by atoms with Crippen LogP contribution in [0, 0.1) is 6.92 Å². The molecule has 0 saturated carbocycles. The van der Waals surface area contributed by atoms with E-state index in [1.54, 1.807) is 18.3 Å². The van der Waals surface area contributed by atoms with Gasteiger partial charge < -0.3 is 5.32 Å². The lowest BCUT2D eigenvalue weighted by Crippen LogP contribution is -2.39. The van der Waals surface area contributed by atoms with Gasteiger partial charge in [0.25, 0.3) is 0 Å². The van der Waals surface area contributed by atoms with Crippen LogP contribution in [0.25, 0.3) is 0 Å². The minimum absolute atomic E-state index is 0.0703. The van der Waals surface area contributed by atoms with Crippen molar-refractivity contribution >= 4 is 27.3 Å². The molecule has 1 rings (SSSR count). The molecule has 19 heavy (non-hydrogen) atoms. The smallest absolute Gasteiger partial charge is 0.235 e. The fraction of sp³-hybridized carbons (Fsp3) is 0.583. The highest BCUT2D eigenvalue weighted by atomic mass is 32.2. The number of likely N-dealkylation sites (N-methyl/N-ethyl adjacent to an activating group) is 1. The van der Waals surface area contributed by atoms with Crippen molar-refractivity contribution in [3.63, 3.8) is 0 Å². The molecule has 1 aromatic rings. The molecule has 0 aliphatic carbocycles. The van der Waals surface area contributed by atoms with Crippen molar-refractivity contribution in [1.82, 2.24) is 9.62 Å². The minimum atomic E-state index is -3.31. The second kappa shape index (κ2) is 7.02. The molecule has 5 nitrogen and oxygen atoms in total. The van der Waals surface area contributed by atoms with Crippen molar-refractivity contribution in [2.45, 2.75) is 26.8 Å². The number of rotatable bonds is 7. The van der Waals surface area contributed by atoms with Crippen molar-refractivity contribution in [2.24, 2.45) is 0 Å². The van der Waals surface area contributed by atoms with Crippen LogP contribution in [0.15, 0.2) is 11.4 Å². The number of aryl methyl sites for hydroxylation is 1. The molecule has 108 valence electrons. The zero-order chi connectivity index (χ0) is 14.5. The first-order valence-electron chi connectivity index (χ1n) is 6.10. The van der Waals surface area contributed by atoms with Gasteiger partial charge >= 0.3 is 0 Å². The molecule has 0 aromatic carbocycles. The number of carbonyl (C=O) groups is 1. The Morgan fingerprint density at radius 1 is 1.47 bits per heavy atom. The molecule has 0 spiro atoms. The third-order valence-electron chi connectivity index (χ3n) is 2.72. The average molecular weight is 304 g/mol. The van der Waals surface area contributed by atoms with Crippen LogP contribution >= 0.6 is 11.3 Å². The first-order chi connectivity index (χ1) is 8.86. The standard InChI is InChI=1S/C12H20N2O3S2/c1-4-7-19(16,17)14(3)9-12(15)13-8-11-10(2)5-6-18-11/h5-6H,4,7-9H2,1-3H3,(H,13,15). The average Bonchev–Trinajstić information content (AvgIpc) is 2.72. The molecule has 0 aliphatic rings. The molecule has 1 amide bonds. The number of carbonyl (C=O) groups excluding carboxylic acids is 1. The number of sulfonamides is 1. The summed E-state index contributed by atoms with van der Waals surface area (Å²) >= 11 is 1.58. The van der Waals surface area contributed by atoms with Crippen LogP contribution < -0.4 is 5.32 Å². The lowest BCUT2D eigenvalue weighted by atomic mass is 10.3. The molecule has 1 heterocycles. The third-order valence-corrected chi connectivity index (χ3v) is 5.74. The van der Waals surface area contributed by atoms with Gasteiger partial charge in [0.1, 0.15) is 0 Å². The number of amides is 1. The maximum atomic E-state index is 11.7. The highest BCUT2D eigenvalue weighted by molar-refractivity contribution is 7.89. The lowest BCUT2D eigenvalue weighted by molar-refractivity contribution is -0.121. The van der Waals surface area contributed by atoms with Gasteiger partial charge in [-0.25, -0.2) is 8.42 Å². The van der Waals surface area contributed by atoms with Gasteiger partial charge in [-0.2, -0.15) is 4.31 Å². The summed E-state index contributed by atoms with van der Waals surface area (Å²) in [6.45, 7) is 4.09. The zero-order valence-corrected chi connectivity index (χ0v) is 13.1. The SMILES string of the molecule is CCCS(=O)(=O)N(C)CC(=O)NCc1sccc1C. The summed E-state index contributed by atoms with van der Waals surface area (Å²) in [6, 6.07) is 1.99. The fourth-order valence-electron chi connectivity index (χ4n) is 1.53. The number of hydrogen-bond donors (Lipinski definition) is 1. The summed E-state index contributed by atoms with van der Waals surface area (Å²) in [5, 5.41) is 4.70. The number of nitrogens with zero attached hydrogens (tertiary/aromatic N) is 1. The van der Waals surface area contributed by atoms with Crippen molar-refractivity contribution < 1.29 is 13.2 Å². The zero-order valence-electron chi connectivity index (χ0n) is 11.5. The summed E-state index contributed by atoms with van der Waals surface area (Å²) in [6.07, 6.45) is 0.544. The Bertz CT molecular complexity index is 523. The number of thiophene rings is 1. The normalized spacial score (nSPS) is 11.8. The van der Waals surface area contributed by atoms with E-state index in [1.165, 1.54) is 7.05 Å². The Morgan fingerprint density at radius 3 is 2.68 bits per heavy atom. The highest BCUT2D eigenvalue weighted by Crippen LogP contribution is 2.14. The van der Waals surface area contributed by atoms with Gasteiger partial charge in [0, 0.05) is 11.9 Å². The van der Waals surface area contributed by atoms with E-state index in [2.05, 4.69) is 5.32 Å². The van der Waals surface area contributed by atoms with Crippen molar-refractivity contribution in [1.29, 1.82) is 0 Å². The second-order valence-corrected chi connectivity index (χ2v) is 7.57. The molecule has 1 N–H and O–H groups in total. The van der Waals surface area contributed by atoms with Crippen molar-refractivity contribution in [2.75, 3.05) is 19.3 Å². The van der Waals surface area contributed by atoms with Gasteiger partial charge in [0.15, 0.2) is 0 Å². The second-order valence-electron chi connectivity index (χ2n) is 4.38. The first kappa shape index (κ1) is 16.1. The Kier molecular flexibility index (Phi) is 5.96. The first-order valence-corrected chi connectivity index (χ1v) is 8.59. The summed E-state index contributed by atoms with van der Waals surface area (Å²) < 4.78 is 24.5. The summed E-state index contributed by atoms with van der Waals surface area (Å²) in [5.41, 5.74) is 1.14. The Balaban J connectivity index is 2.46. The van der Waals surface area contributed by atoms with Gasteiger partial charge in [-0.05, 0) is 30.4 Å². The Morgan fingerprint density at radius 2 is 2.16 bits per heavy atom. The van der Waals surface area contributed by atoms with Crippen LogP contribution in [-0.2, 0) is 21.4 Å². The highest BCUT2D eigenvalue weighted by Gasteiger charge is 2.19. The van der Waals surface area contributed by atoms with Crippen LogP contribution in [0.3, 0.4) is 0 Å². The molecule has 0 aliphatic heterocycles. The third kappa shape index (κ3) is 4.93. The van der Waals surface area contributed by atoms with Crippen molar-refractivity contribution in [3.8, 4) is 0 Å². The monoisotopic (exact) mass is 304 g/mol. The van der Waals surface area contributed by atoms with Gasteiger partial charge in [0.05, 0.1) is 18.8 Å². The molecule has 0 atom stereocenters. The molecule has 0 radical (unpaired) electrons. The van der Waals surface area contributed by atoms with E-state index in [0.717, 1.165) is 14.7 Å². The molecule has 0 bridgehead atoms. The predicted octanol–water partition coefficient (Wildman–Crippen LogP) is 1.34. The van der Waals surface area contributed by atoms with Gasteiger partial charge in [-0.1, -0.05) is 6.92 Å². The van der Waals surface area contributed by atoms with E-state index in [0.29, 0.717) is 13.0 Å². The number of nitrogens with one attached hydrogen (secondary N) is 1. The van der Waals surface area contributed by atoms with Crippen LogP contribution in [0.4, 0.5) is 0 Å². The molecule has 0 unspecified atom stereocenters. The van der Waals surface area contributed by atoms with E-state index in [-0.39, 0.29) is 18.2 Å². The molecular formula is C12H20N2O3S2. The topological polar surface area (TPSA) is 66.5 Å². The van der Waals surface area contributed by atoms with Gasteiger partial charge in [0.2, 0.25) is 15.9 Å². The lowest BCUT2D eigenvalue weighted by Gasteiger charge is -2.16. The molecule has 7 heteroatoms. The van der Waals surface area contributed by atoms with E-state index < -0.39 is 10.0 Å². The molecule has 0 saturated heterocycles. The maximum Gasteiger partial charge on any atom is 0.235 e. The summed E-state index contributed by atoms with van der Waals surface area (Å²) in [5.74, 6) is -0.212. The minimum Gasteiger partial charge on any atom is -0.350 e. The largest absolute Gasteiger partial charge is 0.350 e. The van der Waals surface area contributed by atoms with E-state index in [9.17, 15) is 13.2 Å². The molecular weight excluding hydrogens is 284 g/mol. The molecule has 1 aromatic heterocycles. The van der Waals surface area contributed by atoms with Gasteiger partial charge in [-0.15, -0.1) is 11.3 Å². The predicted molar refractivity (Wildman–Crippen MR) is 77.6 cm³/mol. The van der Waals surface area contributed by atoms with Gasteiger partial charge in [-0.3, -0.25) is 4.79 Å². The van der Waals surface area contributed by atoms with E-state index in [1.807, 2.05) is 18.4 Å². The molecule has 0 fully saturated rings. The summed E-state index contributed by atoms with van der Waals surface area (Å²) in [7, 11) is -1.88. The maximum absolute atomic E-state index is 11.7. The Hall–Kier alpha value is -0.920. The van der Waals surface area contributed by atoms with Crippen LogP contribution in [0.5, 0.6) is 0 Å². The number of hydrogen-bond acceptors (Lipinski definition) is 4.